The van der Waals surface area contributed by atoms with Crippen molar-refractivity contribution in [3.8, 4) is 0 Å². The van der Waals surface area contributed by atoms with Crippen LogP contribution in [0.25, 0.3) is 0 Å². The number of hydrogen-bond donors (Lipinski definition) is 1. The van der Waals surface area contributed by atoms with Gasteiger partial charge in [0.15, 0.2) is 0 Å². The molecule has 1 N–H and O–H groups in total. The largest absolute Gasteiger partial charge is 0.416 e. The molecule has 5 heteroatoms. The van der Waals surface area contributed by atoms with E-state index in [9.17, 15) is 13.2 Å². The van der Waals surface area contributed by atoms with Gasteiger partial charge in [-0.05, 0) is 37.4 Å². The summed E-state index contributed by atoms with van der Waals surface area (Å²) in [5, 5.41) is 3.34. The van der Waals surface area contributed by atoms with Crippen molar-refractivity contribution in [2.75, 3.05) is 20.3 Å². The molecule has 0 bridgehead atoms. The van der Waals surface area contributed by atoms with Crippen LogP contribution >= 0.6 is 0 Å². The van der Waals surface area contributed by atoms with Crippen LogP contribution in [0, 0.1) is 0 Å². The number of aryl methyl sites for hydroxylation is 1. The van der Waals surface area contributed by atoms with Gasteiger partial charge in [0.2, 0.25) is 0 Å². The molecule has 0 aliphatic heterocycles. The zero-order valence-corrected chi connectivity index (χ0v) is 12.0. The van der Waals surface area contributed by atoms with Crippen molar-refractivity contribution in [2.24, 2.45) is 0 Å². The van der Waals surface area contributed by atoms with E-state index in [1.165, 1.54) is 12.1 Å². The van der Waals surface area contributed by atoms with Gasteiger partial charge in [-0.15, -0.1) is 0 Å². The Labute approximate surface area is 118 Å². The van der Waals surface area contributed by atoms with Crippen molar-refractivity contribution in [3.63, 3.8) is 0 Å². The van der Waals surface area contributed by atoms with E-state index in [0.717, 1.165) is 25.5 Å². The Kier molecular flexibility index (Phi) is 7.02. The molecule has 1 aromatic carbocycles. The fraction of sp³-hybridized carbons (Fsp3) is 0.600. The fourth-order valence-electron chi connectivity index (χ4n) is 2.04. The van der Waals surface area contributed by atoms with Crippen molar-refractivity contribution in [1.29, 1.82) is 0 Å². The second-order valence-corrected chi connectivity index (χ2v) is 4.84. The average Bonchev–Trinajstić information content (AvgIpc) is 2.41. The third-order valence-electron chi connectivity index (χ3n) is 3.09. The number of halogens is 3. The highest BCUT2D eigenvalue weighted by Crippen LogP contribution is 2.29. The molecule has 20 heavy (non-hydrogen) atoms. The van der Waals surface area contributed by atoms with Gasteiger partial charge in [0.05, 0.1) is 12.2 Å². The van der Waals surface area contributed by atoms with Crippen molar-refractivity contribution < 1.29 is 17.9 Å². The monoisotopic (exact) mass is 289 g/mol. The highest BCUT2D eigenvalue weighted by molar-refractivity contribution is 5.25. The predicted molar refractivity (Wildman–Crippen MR) is 73.7 cm³/mol. The predicted octanol–water partition coefficient (Wildman–Crippen LogP) is 3.65. The molecule has 0 fully saturated rings. The molecule has 0 heterocycles. The van der Waals surface area contributed by atoms with E-state index >= 15 is 0 Å². The molecular formula is C15H22F3NO. The highest BCUT2D eigenvalue weighted by Gasteiger charge is 2.30. The number of nitrogens with one attached hydrogen (secondary N) is 1. The third kappa shape index (κ3) is 5.92. The topological polar surface area (TPSA) is 21.3 Å². The molecule has 1 rings (SSSR count). The van der Waals surface area contributed by atoms with Gasteiger partial charge in [-0.1, -0.05) is 25.1 Å². The maximum Gasteiger partial charge on any atom is 0.416 e. The Hall–Kier alpha value is -1.07. The molecule has 0 aromatic heterocycles. The van der Waals surface area contributed by atoms with Crippen LogP contribution in [0.15, 0.2) is 24.3 Å². The number of methoxy groups -OCH3 is 1. The van der Waals surface area contributed by atoms with Crippen LogP contribution in [0.2, 0.25) is 0 Å². The first-order valence-corrected chi connectivity index (χ1v) is 6.85. The van der Waals surface area contributed by atoms with Crippen LogP contribution in [0.4, 0.5) is 13.2 Å². The number of benzene rings is 1. The molecular weight excluding hydrogens is 267 g/mol. The zero-order chi connectivity index (χ0) is 15.0. The molecule has 0 saturated carbocycles. The summed E-state index contributed by atoms with van der Waals surface area (Å²) in [5.41, 5.74) is 0.124. The van der Waals surface area contributed by atoms with E-state index in [1.54, 1.807) is 13.2 Å². The Morgan fingerprint density at radius 2 is 2.05 bits per heavy atom. The summed E-state index contributed by atoms with van der Waals surface area (Å²) >= 11 is 0. The summed E-state index contributed by atoms with van der Waals surface area (Å²) in [6.07, 6.45) is -1.89. The molecule has 0 saturated heterocycles. The highest BCUT2D eigenvalue weighted by atomic mass is 19.4. The van der Waals surface area contributed by atoms with E-state index in [4.69, 9.17) is 4.74 Å². The first-order chi connectivity index (χ1) is 9.47. The molecule has 0 radical (unpaired) electrons. The minimum Gasteiger partial charge on any atom is -0.383 e. The van der Waals surface area contributed by atoms with E-state index in [-0.39, 0.29) is 6.04 Å². The Morgan fingerprint density at radius 1 is 1.30 bits per heavy atom. The Balaban J connectivity index is 2.58. The summed E-state index contributed by atoms with van der Waals surface area (Å²) in [4.78, 5) is 0. The quantitative estimate of drug-likeness (QED) is 0.788. The van der Waals surface area contributed by atoms with E-state index in [2.05, 4.69) is 12.2 Å². The van der Waals surface area contributed by atoms with E-state index in [1.807, 2.05) is 0 Å². The van der Waals surface area contributed by atoms with Crippen LogP contribution in [-0.4, -0.2) is 26.3 Å². The van der Waals surface area contributed by atoms with Crippen molar-refractivity contribution >= 4 is 0 Å². The van der Waals surface area contributed by atoms with Gasteiger partial charge in [0, 0.05) is 13.2 Å². The molecule has 1 aromatic rings. The fourth-order valence-corrected chi connectivity index (χ4v) is 2.04. The molecule has 114 valence electrons. The lowest BCUT2D eigenvalue weighted by Gasteiger charge is -2.17. The summed E-state index contributed by atoms with van der Waals surface area (Å²) in [6, 6.07) is 5.70. The van der Waals surface area contributed by atoms with Crippen LogP contribution in [0.1, 0.15) is 30.9 Å². The van der Waals surface area contributed by atoms with E-state index in [0.29, 0.717) is 18.6 Å². The molecule has 0 aliphatic rings. The molecule has 2 nitrogen and oxygen atoms in total. The minimum absolute atomic E-state index is 0.175. The van der Waals surface area contributed by atoms with Crippen LogP contribution in [0.5, 0.6) is 0 Å². The second kappa shape index (κ2) is 8.27. The van der Waals surface area contributed by atoms with Crippen LogP contribution in [-0.2, 0) is 17.3 Å². The lowest BCUT2D eigenvalue weighted by atomic mass is 10.0. The number of rotatable bonds is 8. The van der Waals surface area contributed by atoms with Crippen molar-refractivity contribution in [3.05, 3.63) is 35.4 Å². The summed E-state index contributed by atoms with van der Waals surface area (Å²) in [5.74, 6) is 0. The Morgan fingerprint density at radius 3 is 2.65 bits per heavy atom. The lowest BCUT2D eigenvalue weighted by molar-refractivity contribution is -0.137. The summed E-state index contributed by atoms with van der Waals surface area (Å²) < 4.78 is 43.0. The average molecular weight is 289 g/mol. The first-order valence-electron chi connectivity index (χ1n) is 6.85. The van der Waals surface area contributed by atoms with Gasteiger partial charge in [0.1, 0.15) is 0 Å². The minimum atomic E-state index is -4.28. The van der Waals surface area contributed by atoms with Gasteiger partial charge in [-0.3, -0.25) is 0 Å². The standard InChI is InChI=1S/C15H22F3NO/c1-3-9-19-14(11-20-2)8-7-12-5-4-6-13(10-12)15(16,17)18/h4-6,10,14,19H,3,7-9,11H2,1-2H3. The van der Waals surface area contributed by atoms with E-state index < -0.39 is 11.7 Å². The third-order valence-corrected chi connectivity index (χ3v) is 3.09. The number of ether oxygens (including phenoxy) is 1. The lowest BCUT2D eigenvalue weighted by Crippen LogP contribution is -2.34. The molecule has 0 aliphatic carbocycles. The van der Waals surface area contributed by atoms with Gasteiger partial charge >= 0.3 is 6.18 Å². The van der Waals surface area contributed by atoms with Gasteiger partial charge in [0.25, 0.3) is 0 Å². The van der Waals surface area contributed by atoms with Crippen molar-refractivity contribution in [2.45, 2.75) is 38.4 Å². The van der Waals surface area contributed by atoms with Crippen molar-refractivity contribution in [1.82, 2.24) is 5.32 Å². The SMILES string of the molecule is CCCNC(CCc1cccc(C(F)(F)F)c1)COC. The van der Waals surface area contributed by atoms with Gasteiger partial charge < -0.3 is 10.1 Å². The maximum absolute atomic E-state index is 12.6. The maximum atomic E-state index is 12.6. The summed E-state index contributed by atoms with van der Waals surface area (Å²) in [7, 11) is 1.63. The molecule has 0 amide bonds. The van der Waals surface area contributed by atoms with Crippen LogP contribution < -0.4 is 5.32 Å². The normalized spacial score (nSPS) is 13.4. The zero-order valence-electron chi connectivity index (χ0n) is 12.0. The smallest absolute Gasteiger partial charge is 0.383 e. The van der Waals surface area contributed by atoms with Gasteiger partial charge in [-0.2, -0.15) is 13.2 Å². The van der Waals surface area contributed by atoms with Gasteiger partial charge in [-0.25, -0.2) is 0 Å². The number of alkyl halides is 3. The molecule has 1 atom stereocenters. The molecule has 1 unspecified atom stereocenters. The first kappa shape index (κ1) is 17.0. The second-order valence-electron chi connectivity index (χ2n) is 4.84. The van der Waals surface area contributed by atoms with Crippen LogP contribution in [0.3, 0.4) is 0 Å². The number of hydrogen-bond acceptors (Lipinski definition) is 2. The molecule has 0 spiro atoms. The Bertz CT molecular complexity index is 393. The summed E-state index contributed by atoms with van der Waals surface area (Å²) in [6.45, 7) is 3.53.